The molecule has 0 saturated heterocycles. The predicted molar refractivity (Wildman–Crippen MR) is 53.7 cm³/mol. The Hall–Kier alpha value is -0.990. The minimum Gasteiger partial charge on any atom is -0.444 e. The molecule has 0 aromatic rings. The fraction of sp³-hybridized carbons (Fsp3) is 0.700. The number of carbonyl (C=O) groups excluding carboxylic acids is 1. The van der Waals surface area contributed by atoms with Gasteiger partial charge in [-0.3, -0.25) is 0 Å². The van der Waals surface area contributed by atoms with E-state index in [2.05, 4.69) is 6.58 Å². The number of ether oxygens (including phenoxy) is 1. The van der Waals surface area contributed by atoms with Crippen molar-refractivity contribution in [2.45, 2.75) is 39.3 Å². The van der Waals surface area contributed by atoms with E-state index in [0.29, 0.717) is 0 Å². The monoisotopic (exact) mass is 185 g/mol. The van der Waals surface area contributed by atoms with Crippen LogP contribution in [-0.2, 0) is 4.74 Å². The summed E-state index contributed by atoms with van der Waals surface area (Å²) < 4.78 is 5.16. The first-order chi connectivity index (χ1) is 5.78. The second kappa shape index (κ2) is 4.30. The summed E-state index contributed by atoms with van der Waals surface area (Å²) in [5.41, 5.74) is -0.438. The SMILES string of the molecule is C=C[C@H](C)N(C)C(=O)OC(C)(C)C. The van der Waals surface area contributed by atoms with Crippen LogP contribution in [0.5, 0.6) is 0 Å². The molecule has 1 amide bonds. The summed E-state index contributed by atoms with van der Waals surface area (Å²) in [7, 11) is 1.69. The summed E-state index contributed by atoms with van der Waals surface area (Å²) in [6, 6.07) is -0.00477. The Morgan fingerprint density at radius 2 is 2.00 bits per heavy atom. The van der Waals surface area contributed by atoms with Crippen molar-refractivity contribution in [2.24, 2.45) is 0 Å². The van der Waals surface area contributed by atoms with Gasteiger partial charge in [0.25, 0.3) is 0 Å². The van der Waals surface area contributed by atoms with E-state index in [1.165, 1.54) is 4.90 Å². The molecule has 0 fully saturated rings. The quantitative estimate of drug-likeness (QED) is 0.618. The maximum absolute atomic E-state index is 11.4. The zero-order valence-corrected chi connectivity index (χ0v) is 9.13. The molecular formula is C10H19NO2. The van der Waals surface area contributed by atoms with Gasteiger partial charge in [0.05, 0.1) is 0 Å². The van der Waals surface area contributed by atoms with E-state index < -0.39 is 5.60 Å². The smallest absolute Gasteiger partial charge is 0.410 e. The Bertz CT molecular complexity index is 194. The number of amides is 1. The molecule has 3 nitrogen and oxygen atoms in total. The third-order valence-corrected chi connectivity index (χ3v) is 1.63. The van der Waals surface area contributed by atoms with Crippen molar-refractivity contribution in [3.63, 3.8) is 0 Å². The molecule has 0 aromatic heterocycles. The molecule has 0 aliphatic carbocycles. The number of likely N-dealkylation sites (N-methyl/N-ethyl adjacent to an activating group) is 1. The van der Waals surface area contributed by atoms with Gasteiger partial charge in [0.1, 0.15) is 5.60 Å². The third-order valence-electron chi connectivity index (χ3n) is 1.63. The standard InChI is InChI=1S/C10H19NO2/c1-7-8(2)11(6)9(12)13-10(3,4)5/h7-8H,1H2,2-6H3/t8-/m0/s1. The first kappa shape index (κ1) is 12.0. The fourth-order valence-corrected chi connectivity index (χ4v) is 0.658. The molecule has 0 radical (unpaired) electrons. The molecule has 76 valence electrons. The molecule has 0 rings (SSSR count). The summed E-state index contributed by atoms with van der Waals surface area (Å²) >= 11 is 0. The van der Waals surface area contributed by atoms with Crippen LogP contribution in [0.25, 0.3) is 0 Å². The normalized spacial score (nSPS) is 13.3. The Labute approximate surface area is 80.4 Å². The van der Waals surface area contributed by atoms with Crippen molar-refractivity contribution in [1.29, 1.82) is 0 Å². The number of nitrogens with zero attached hydrogens (tertiary/aromatic N) is 1. The highest BCUT2D eigenvalue weighted by atomic mass is 16.6. The molecule has 0 aromatic carbocycles. The van der Waals surface area contributed by atoms with Crippen molar-refractivity contribution >= 4 is 6.09 Å². The largest absolute Gasteiger partial charge is 0.444 e. The van der Waals surface area contributed by atoms with Gasteiger partial charge in [-0.05, 0) is 27.7 Å². The maximum Gasteiger partial charge on any atom is 0.410 e. The highest BCUT2D eigenvalue weighted by Crippen LogP contribution is 2.10. The number of rotatable bonds is 2. The summed E-state index contributed by atoms with van der Waals surface area (Å²) in [6.45, 7) is 11.0. The first-order valence-electron chi connectivity index (χ1n) is 4.36. The zero-order valence-electron chi connectivity index (χ0n) is 9.13. The average Bonchev–Trinajstić information content (AvgIpc) is 1.98. The van der Waals surface area contributed by atoms with Crippen molar-refractivity contribution in [3.8, 4) is 0 Å². The average molecular weight is 185 g/mol. The third kappa shape index (κ3) is 4.55. The molecule has 0 unspecified atom stereocenters. The van der Waals surface area contributed by atoms with E-state index in [1.54, 1.807) is 13.1 Å². The highest BCUT2D eigenvalue weighted by Gasteiger charge is 2.21. The van der Waals surface area contributed by atoms with Gasteiger partial charge < -0.3 is 9.64 Å². The van der Waals surface area contributed by atoms with Gasteiger partial charge in [0, 0.05) is 13.1 Å². The van der Waals surface area contributed by atoms with Gasteiger partial charge in [0.2, 0.25) is 0 Å². The van der Waals surface area contributed by atoms with Crippen molar-refractivity contribution in [3.05, 3.63) is 12.7 Å². The van der Waals surface area contributed by atoms with Crippen LogP contribution in [0.4, 0.5) is 4.79 Å². The Kier molecular flexibility index (Phi) is 3.98. The number of hydrogen-bond donors (Lipinski definition) is 0. The van der Waals surface area contributed by atoms with Crippen molar-refractivity contribution in [1.82, 2.24) is 4.90 Å². The van der Waals surface area contributed by atoms with Crippen LogP contribution in [0.2, 0.25) is 0 Å². The van der Waals surface area contributed by atoms with Gasteiger partial charge in [-0.15, -0.1) is 6.58 Å². The molecule has 0 N–H and O–H groups in total. The number of hydrogen-bond acceptors (Lipinski definition) is 2. The molecule has 1 atom stereocenters. The van der Waals surface area contributed by atoms with Crippen molar-refractivity contribution < 1.29 is 9.53 Å². The first-order valence-corrected chi connectivity index (χ1v) is 4.36. The molecule has 0 aliphatic rings. The molecule has 0 heterocycles. The number of carbonyl (C=O) groups is 1. The van der Waals surface area contributed by atoms with E-state index in [9.17, 15) is 4.79 Å². The summed E-state index contributed by atoms with van der Waals surface area (Å²) in [6.07, 6.45) is 1.38. The van der Waals surface area contributed by atoms with Crippen LogP contribution < -0.4 is 0 Å². The van der Waals surface area contributed by atoms with E-state index in [1.807, 2.05) is 27.7 Å². The van der Waals surface area contributed by atoms with E-state index in [0.717, 1.165) is 0 Å². The van der Waals surface area contributed by atoms with Crippen LogP contribution in [0.1, 0.15) is 27.7 Å². The van der Waals surface area contributed by atoms with E-state index in [-0.39, 0.29) is 12.1 Å². The summed E-state index contributed by atoms with van der Waals surface area (Å²) in [5.74, 6) is 0. The fourth-order valence-electron chi connectivity index (χ4n) is 0.658. The predicted octanol–water partition coefficient (Wildman–Crippen LogP) is 2.43. The Morgan fingerprint density at radius 3 is 2.31 bits per heavy atom. The second-order valence-corrected chi connectivity index (χ2v) is 4.07. The van der Waals surface area contributed by atoms with Crippen LogP contribution in [-0.4, -0.2) is 29.7 Å². The molecule has 13 heavy (non-hydrogen) atoms. The molecule has 0 saturated carbocycles. The van der Waals surface area contributed by atoms with Crippen molar-refractivity contribution in [2.75, 3.05) is 7.05 Å². The highest BCUT2D eigenvalue weighted by molar-refractivity contribution is 5.68. The molecule has 0 bridgehead atoms. The van der Waals surface area contributed by atoms with Gasteiger partial charge in [0.15, 0.2) is 0 Å². The van der Waals surface area contributed by atoms with Gasteiger partial charge >= 0.3 is 6.09 Å². The summed E-state index contributed by atoms with van der Waals surface area (Å²) in [5, 5.41) is 0. The van der Waals surface area contributed by atoms with E-state index in [4.69, 9.17) is 4.74 Å². The molecular weight excluding hydrogens is 166 g/mol. The van der Waals surface area contributed by atoms with Crippen LogP contribution in [0.15, 0.2) is 12.7 Å². The summed E-state index contributed by atoms with van der Waals surface area (Å²) in [4.78, 5) is 12.9. The second-order valence-electron chi connectivity index (χ2n) is 4.07. The Balaban J connectivity index is 4.19. The topological polar surface area (TPSA) is 29.5 Å². The molecule has 0 spiro atoms. The van der Waals surface area contributed by atoms with Crippen LogP contribution >= 0.6 is 0 Å². The van der Waals surface area contributed by atoms with Crippen LogP contribution in [0.3, 0.4) is 0 Å². The lowest BCUT2D eigenvalue weighted by atomic mass is 10.2. The van der Waals surface area contributed by atoms with Gasteiger partial charge in [-0.1, -0.05) is 6.08 Å². The van der Waals surface area contributed by atoms with E-state index >= 15 is 0 Å². The zero-order chi connectivity index (χ0) is 10.6. The molecule has 0 aliphatic heterocycles. The lowest BCUT2D eigenvalue weighted by Gasteiger charge is -2.27. The minimum atomic E-state index is -0.438. The lowest BCUT2D eigenvalue weighted by Crippen LogP contribution is -2.38. The maximum atomic E-state index is 11.4. The van der Waals surface area contributed by atoms with Crippen LogP contribution in [0, 0.1) is 0 Å². The molecule has 3 heteroatoms. The minimum absolute atomic E-state index is 0.00477. The van der Waals surface area contributed by atoms with Gasteiger partial charge in [-0.2, -0.15) is 0 Å². The Morgan fingerprint density at radius 1 is 1.54 bits per heavy atom. The lowest BCUT2D eigenvalue weighted by molar-refractivity contribution is 0.0267. The van der Waals surface area contributed by atoms with Gasteiger partial charge in [-0.25, -0.2) is 4.79 Å².